The quantitative estimate of drug-likeness (QED) is 0.810. The first-order chi connectivity index (χ1) is 9.96. The fraction of sp³-hybridized carbons (Fsp3) is 0.462. The second-order valence-corrected chi connectivity index (χ2v) is 9.84. The Morgan fingerprint density at radius 2 is 2.24 bits per heavy atom. The van der Waals surface area contributed by atoms with E-state index in [1.165, 1.54) is 11.3 Å². The van der Waals surface area contributed by atoms with Crippen molar-refractivity contribution in [3.8, 4) is 0 Å². The average molecular weight is 390 g/mol. The molecule has 1 fully saturated rings. The van der Waals surface area contributed by atoms with Crippen LogP contribution in [0.4, 0.5) is 0 Å². The highest BCUT2D eigenvalue weighted by Crippen LogP contribution is 2.33. The van der Waals surface area contributed by atoms with Crippen LogP contribution in [0, 0.1) is 0 Å². The lowest BCUT2D eigenvalue weighted by Crippen LogP contribution is -2.38. The largest absolute Gasteiger partial charge is 0.276 e. The fourth-order valence-electron chi connectivity index (χ4n) is 2.65. The first kappa shape index (κ1) is 15.2. The summed E-state index contributed by atoms with van der Waals surface area (Å²) in [6.45, 7) is 1.12. The zero-order chi connectivity index (χ0) is 15.0. The number of halogens is 1. The van der Waals surface area contributed by atoms with Crippen molar-refractivity contribution in [2.24, 2.45) is 7.05 Å². The number of aromatic nitrogens is 2. The molecule has 1 unspecified atom stereocenters. The highest BCUT2D eigenvalue weighted by Gasteiger charge is 2.32. The van der Waals surface area contributed by atoms with Gasteiger partial charge in [0.25, 0.3) is 10.0 Å². The van der Waals surface area contributed by atoms with E-state index in [1.54, 1.807) is 21.1 Å². The molecule has 3 heterocycles. The van der Waals surface area contributed by atoms with Crippen LogP contribution in [-0.4, -0.2) is 35.6 Å². The molecule has 0 aliphatic carbocycles. The molecule has 1 atom stereocenters. The summed E-state index contributed by atoms with van der Waals surface area (Å²) >= 11 is 4.58. The van der Waals surface area contributed by atoms with Gasteiger partial charge in [-0.1, -0.05) is 0 Å². The summed E-state index contributed by atoms with van der Waals surface area (Å²) in [5.41, 5.74) is 1.12. The molecule has 0 amide bonds. The lowest BCUT2D eigenvalue weighted by molar-refractivity contribution is 0.316. The van der Waals surface area contributed by atoms with E-state index in [2.05, 4.69) is 21.0 Å². The molecule has 1 aliphatic rings. The van der Waals surface area contributed by atoms with Crippen molar-refractivity contribution in [1.29, 1.82) is 0 Å². The van der Waals surface area contributed by atoms with Gasteiger partial charge in [-0.2, -0.15) is 9.40 Å². The molecule has 0 radical (unpaired) electrons. The van der Waals surface area contributed by atoms with Gasteiger partial charge >= 0.3 is 0 Å². The van der Waals surface area contributed by atoms with Gasteiger partial charge in [-0.3, -0.25) is 4.68 Å². The van der Waals surface area contributed by atoms with E-state index in [0.29, 0.717) is 17.3 Å². The molecule has 2 aromatic heterocycles. The number of piperidine rings is 1. The molecule has 8 heteroatoms. The minimum atomic E-state index is -3.38. The van der Waals surface area contributed by atoms with E-state index in [0.717, 1.165) is 22.2 Å². The molecule has 0 aromatic carbocycles. The Labute approximate surface area is 136 Å². The molecule has 0 N–H and O–H groups in total. The van der Waals surface area contributed by atoms with Crippen molar-refractivity contribution in [2.75, 3.05) is 13.1 Å². The zero-order valence-corrected chi connectivity index (χ0v) is 14.8. The van der Waals surface area contributed by atoms with Gasteiger partial charge in [0.2, 0.25) is 0 Å². The third kappa shape index (κ3) is 3.08. The summed E-state index contributed by atoms with van der Waals surface area (Å²) in [7, 11) is -1.50. The van der Waals surface area contributed by atoms with E-state index >= 15 is 0 Å². The Morgan fingerprint density at radius 3 is 2.86 bits per heavy atom. The predicted molar refractivity (Wildman–Crippen MR) is 86.0 cm³/mol. The van der Waals surface area contributed by atoms with Crippen molar-refractivity contribution >= 4 is 37.3 Å². The first-order valence-electron chi connectivity index (χ1n) is 6.71. The lowest BCUT2D eigenvalue weighted by Gasteiger charge is -2.31. The lowest BCUT2D eigenvalue weighted by atomic mass is 9.94. The maximum Gasteiger partial charge on any atom is 0.252 e. The van der Waals surface area contributed by atoms with Crippen LogP contribution in [0.2, 0.25) is 0 Å². The number of hydrogen-bond acceptors (Lipinski definition) is 4. The monoisotopic (exact) mass is 389 g/mol. The van der Waals surface area contributed by atoms with Gasteiger partial charge in [-0.15, -0.1) is 11.3 Å². The van der Waals surface area contributed by atoms with E-state index in [9.17, 15) is 8.42 Å². The number of rotatable bonds is 3. The standard InChI is InChI=1S/C13H16BrN3O2S2/c1-16-8-11(7-15-16)10-3-2-6-17(9-10)21(18,19)13-5-4-12(14)20-13/h4-5,7-8,10H,2-3,6,9H2,1H3. The van der Waals surface area contributed by atoms with Crippen molar-refractivity contribution in [2.45, 2.75) is 23.0 Å². The summed E-state index contributed by atoms with van der Waals surface area (Å²) in [4.78, 5) is 0. The highest BCUT2D eigenvalue weighted by atomic mass is 79.9. The van der Waals surface area contributed by atoms with Crippen molar-refractivity contribution in [3.63, 3.8) is 0 Å². The summed E-state index contributed by atoms with van der Waals surface area (Å²) in [5, 5.41) is 4.19. The maximum absolute atomic E-state index is 12.7. The minimum Gasteiger partial charge on any atom is -0.276 e. The molecule has 0 saturated carbocycles. The summed E-state index contributed by atoms with van der Waals surface area (Å²) in [5.74, 6) is 0.227. The van der Waals surface area contributed by atoms with Crippen LogP contribution < -0.4 is 0 Å². The molecule has 0 spiro atoms. The normalized spacial score (nSPS) is 20.8. The topological polar surface area (TPSA) is 55.2 Å². The second-order valence-electron chi connectivity index (χ2n) is 5.21. The predicted octanol–water partition coefficient (Wildman–Crippen LogP) is 2.81. The van der Waals surface area contributed by atoms with Gasteiger partial charge in [0, 0.05) is 32.3 Å². The molecular weight excluding hydrogens is 374 g/mol. The number of hydrogen-bond donors (Lipinski definition) is 0. The van der Waals surface area contributed by atoms with Gasteiger partial charge in [0.05, 0.1) is 9.98 Å². The maximum atomic E-state index is 12.7. The van der Waals surface area contributed by atoms with Gasteiger partial charge in [0.15, 0.2) is 0 Å². The highest BCUT2D eigenvalue weighted by molar-refractivity contribution is 9.11. The van der Waals surface area contributed by atoms with E-state index in [4.69, 9.17) is 0 Å². The Kier molecular flexibility index (Phi) is 4.22. The minimum absolute atomic E-state index is 0.227. The fourth-order valence-corrected chi connectivity index (χ4v) is 6.34. The number of aryl methyl sites for hydroxylation is 1. The number of thiophene rings is 1. The Hall–Kier alpha value is -0.700. The van der Waals surface area contributed by atoms with Crippen molar-refractivity contribution < 1.29 is 8.42 Å². The van der Waals surface area contributed by atoms with Gasteiger partial charge in [-0.05, 0) is 46.5 Å². The summed E-state index contributed by atoms with van der Waals surface area (Å²) < 4.78 is 30.0. The molecule has 21 heavy (non-hydrogen) atoms. The molecule has 114 valence electrons. The third-order valence-electron chi connectivity index (χ3n) is 3.72. The molecule has 1 saturated heterocycles. The average Bonchev–Trinajstić information content (AvgIpc) is 3.08. The second kappa shape index (κ2) is 5.83. The van der Waals surface area contributed by atoms with E-state index in [1.807, 2.05) is 19.4 Å². The van der Waals surface area contributed by atoms with Crippen LogP contribution in [-0.2, 0) is 17.1 Å². The summed E-state index contributed by atoms with van der Waals surface area (Å²) in [6, 6.07) is 3.44. The smallest absolute Gasteiger partial charge is 0.252 e. The van der Waals surface area contributed by atoms with Crippen LogP contribution in [0.5, 0.6) is 0 Å². The molecule has 0 bridgehead atoms. The van der Waals surface area contributed by atoms with E-state index < -0.39 is 10.0 Å². The first-order valence-corrected chi connectivity index (χ1v) is 9.76. The summed E-state index contributed by atoms with van der Waals surface area (Å²) in [6.07, 6.45) is 5.70. The van der Waals surface area contributed by atoms with Crippen LogP contribution in [0.25, 0.3) is 0 Å². The molecule has 3 rings (SSSR count). The van der Waals surface area contributed by atoms with Crippen LogP contribution in [0.3, 0.4) is 0 Å². The molecule has 2 aromatic rings. The SMILES string of the molecule is Cn1cc(C2CCCN(S(=O)(=O)c3ccc(Br)s3)C2)cn1. The zero-order valence-electron chi connectivity index (χ0n) is 11.6. The van der Waals surface area contributed by atoms with Crippen LogP contribution in [0.15, 0.2) is 32.5 Å². The van der Waals surface area contributed by atoms with Gasteiger partial charge in [-0.25, -0.2) is 8.42 Å². The number of sulfonamides is 1. The van der Waals surface area contributed by atoms with Gasteiger partial charge in [0.1, 0.15) is 4.21 Å². The molecule has 1 aliphatic heterocycles. The van der Waals surface area contributed by atoms with Gasteiger partial charge < -0.3 is 0 Å². The Morgan fingerprint density at radius 1 is 1.43 bits per heavy atom. The van der Waals surface area contributed by atoms with E-state index in [-0.39, 0.29) is 5.92 Å². The van der Waals surface area contributed by atoms with Crippen LogP contribution in [0.1, 0.15) is 24.3 Å². The third-order valence-corrected chi connectivity index (χ3v) is 7.68. The molecule has 5 nitrogen and oxygen atoms in total. The Balaban J connectivity index is 1.83. The van der Waals surface area contributed by atoms with Crippen molar-refractivity contribution in [1.82, 2.24) is 14.1 Å². The Bertz CT molecular complexity index is 738. The van der Waals surface area contributed by atoms with Crippen LogP contribution >= 0.6 is 27.3 Å². The number of nitrogens with zero attached hydrogens (tertiary/aromatic N) is 3. The van der Waals surface area contributed by atoms with Crippen molar-refractivity contribution in [3.05, 3.63) is 33.9 Å². The molecular formula is C13H16BrN3O2S2.